The Morgan fingerprint density at radius 2 is 1.65 bits per heavy atom. The number of benzene rings is 1. The number of nitrogens with zero attached hydrogens (tertiary/aromatic N) is 2. The molecule has 1 aliphatic heterocycles. The second kappa shape index (κ2) is 6.83. The molecule has 2 amide bonds. The van der Waals surface area contributed by atoms with Crippen LogP contribution in [-0.2, 0) is 19.1 Å². The van der Waals surface area contributed by atoms with Crippen LogP contribution < -0.4 is 0 Å². The lowest BCUT2D eigenvalue weighted by Crippen LogP contribution is -2.45. The fraction of sp³-hybridized carbons (Fsp3) is 0.455. The van der Waals surface area contributed by atoms with E-state index in [1.807, 2.05) is 0 Å². The standard InChI is InChI=1S/C22H20N2O7/c1-10(22(28)31-9-17(25)11-2-4-12(5-3-11)24(29)30)23-20(26)18-13-6-7-14(16-8-15(13)16)19(18)21(23)27/h2-7,10,13-16,18-19H,8-9H2,1H3/t10-,13-,14-,15-,16-,18+,19+/m1/s1. The fourth-order valence-corrected chi connectivity index (χ4v) is 5.58. The van der Waals surface area contributed by atoms with Crippen molar-refractivity contribution in [3.05, 3.63) is 52.1 Å². The van der Waals surface area contributed by atoms with Crippen LogP contribution in [0.15, 0.2) is 36.4 Å². The number of carbonyl (C=O) groups excluding carboxylic acids is 4. The van der Waals surface area contributed by atoms with E-state index in [2.05, 4.69) is 12.2 Å². The SMILES string of the molecule is C[C@H](C(=O)OCC(=O)c1ccc([N+](=O)[O-])cc1)N1C(=O)[C@H]2[C@@H]3C=C[C@H]([C@H]4C[C@H]34)[C@@H]2C1=O. The molecule has 2 bridgehead atoms. The summed E-state index contributed by atoms with van der Waals surface area (Å²) in [5.74, 6) is -1.76. The molecule has 1 aromatic rings. The van der Waals surface area contributed by atoms with Crippen LogP contribution in [0.4, 0.5) is 5.69 Å². The van der Waals surface area contributed by atoms with Crippen LogP contribution in [0, 0.1) is 45.6 Å². The molecule has 4 aliphatic carbocycles. The first-order valence-electron chi connectivity index (χ1n) is 10.3. The first-order chi connectivity index (χ1) is 14.8. The van der Waals surface area contributed by atoms with Crippen molar-refractivity contribution in [2.45, 2.75) is 19.4 Å². The number of amides is 2. The van der Waals surface area contributed by atoms with Gasteiger partial charge in [-0.1, -0.05) is 12.2 Å². The Kier molecular flexibility index (Phi) is 4.32. The highest BCUT2D eigenvalue weighted by molar-refractivity contribution is 6.09. The highest BCUT2D eigenvalue weighted by Crippen LogP contribution is 2.65. The Morgan fingerprint density at radius 1 is 1.10 bits per heavy atom. The van der Waals surface area contributed by atoms with Crippen molar-refractivity contribution in [2.75, 3.05) is 6.61 Å². The molecule has 7 atom stereocenters. The maximum Gasteiger partial charge on any atom is 0.329 e. The largest absolute Gasteiger partial charge is 0.456 e. The van der Waals surface area contributed by atoms with Crippen molar-refractivity contribution in [1.82, 2.24) is 4.90 Å². The first-order valence-corrected chi connectivity index (χ1v) is 10.3. The van der Waals surface area contributed by atoms with Crippen molar-refractivity contribution in [1.29, 1.82) is 0 Å². The minimum Gasteiger partial charge on any atom is -0.456 e. The van der Waals surface area contributed by atoms with E-state index in [0.717, 1.165) is 11.3 Å². The number of allylic oxidation sites excluding steroid dienone is 2. The monoisotopic (exact) mass is 424 g/mol. The molecular formula is C22H20N2O7. The number of nitro groups is 1. The van der Waals surface area contributed by atoms with Gasteiger partial charge in [-0.05, 0) is 49.1 Å². The fourth-order valence-electron chi connectivity index (χ4n) is 5.58. The van der Waals surface area contributed by atoms with Crippen molar-refractivity contribution >= 4 is 29.3 Å². The summed E-state index contributed by atoms with van der Waals surface area (Å²) >= 11 is 0. The lowest BCUT2D eigenvalue weighted by atomic mass is 9.63. The highest BCUT2D eigenvalue weighted by Gasteiger charge is 2.67. The summed E-state index contributed by atoms with van der Waals surface area (Å²) in [5.41, 5.74) is 0.00283. The number of nitro benzene ring substituents is 1. The van der Waals surface area contributed by atoms with Gasteiger partial charge in [-0.15, -0.1) is 0 Å². The van der Waals surface area contributed by atoms with Crippen LogP contribution in [0.3, 0.4) is 0 Å². The third kappa shape index (κ3) is 2.90. The molecule has 1 heterocycles. The van der Waals surface area contributed by atoms with Crippen LogP contribution in [-0.4, -0.2) is 46.0 Å². The van der Waals surface area contributed by atoms with Gasteiger partial charge in [0, 0.05) is 17.7 Å². The first kappa shape index (κ1) is 19.6. The van der Waals surface area contributed by atoms with Gasteiger partial charge in [-0.2, -0.15) is 0 Å². The number of hydrogen-bond acceptors (Lipinski definition) is 7. The van der Waals surface area contributed by atoms with Gasteiger partial charge in [-0.25, -0.2) is 4.79 Å². The zero-order chi connectivity index (χ0) is 22.0. The van der Waals surface area contributed by atoms with Gasteiger partial charge in [0.15, 0.2) is 12.4 Å². The van der Waals surface area contributed by atoms with Crippen LogP contribution >= 0.6 is 0 Å². The normalized spacial score (nSPS) is 33.0. The van der Waals surface area contributed by atoms with Gasteiger partial charge in [-0.3, -0.25) is 29.4 Å². The Bertz CT molecular complexity index is 1010. The maximum atomic E-state index is 13.0. The van der Waals surface area contributed by atoms with Crippen LogP contribution in [0.1, 0.15) is 23.7 Å². The molecule has 6 rings (SSSR count). The van der Waals surface area contributed by atoms with Gasteiger partial charge in [0.25, 0.3) is 5.69 Å². The Morgan fingerprint density at radius 3 is 2.16 bits per heavy atom. The summed E-state index contributed by atoms with van der Waals surface area (Å²) in [6, 6.07) is 3.82. The summed E-state index contributed by atoms with van der Waals surface area (Å²) < 4.78 is 5.08. The molecule has 9 heteroatoms. The number of hydrogen-bond donors (Lipinski definition) is 0. The highest BCUT2D eigenvalue weighted by atomic mass is 16.6. The second-order valence-corrected chi connectivity index (χ2v) is 8.71. The Hall–Kier alpha value is -3.36. The van der Waals surface area contributed by atoms with Gasteiger partial charge in [0.2, 0.25) is 11.8 Å². The van der Waals surface area contributed by atoms with E-state index in [4.69, 9.17) is 4.74 Å². The molecule has 0 spiro atoms. The average Bonchev–Trinajstić information content (AvgIpc) is 3.55. The van der Waals surface area contributed by atoms with E-state index >= 15 is 0 Å². The minimum atomic E-state index is -1.12. The summed E-state index contributed by atoms with van der Waals surface area (Å²) in [7, 11) is 0. The van der Waals surface area contributed by atoms with E-state index in [1.165, 1.54) is 31.2 Å². The van der Waals surface area contributed by atoms with E-state index in [9.17, 15) is 29.3 Å². The number of Topliss-reactive ketones (excluding diaryl/α,β-unsaturated/α-hetero) is 1. The third-order valence-electron chi connectivity index (χ3n) is 7.17. The molecule has 0 N–H and O–H groups in total. The van der Waals surface area contributed by atoms with Crippen molar-refractivity contribution in [2.24, 2.45) is 35.5 Å². The number of likely N-dealkylation sites (tertiary alicyclic amines) is 1. The second-order valence-electron chi connectivity index (χ2n) is 8.71. The molecule has 3 fully saturated rings. The quantitative estimate of drug-likeness (QED) is 0.170. The third-order valence-corrected chi connectivity index (χ3v) is 7.17. The smallest absolute Gasteiger partial charge is 0.329 e. The molecule has 1 saturated heterocycles. The molecule has 0 aromatic heterocycles. The van der Waals surface area contributed by atoms with Crippen molar-refractivity contribution in [3.8, 4) is 0 Å². The number of non-ortho nitro benzene ring substituents is 1. The molecule has 0 radical (unpaired) electrons. The van der Waals surface area contributed by atoms with Gasteiger partial charge in [0.05, 0.1) is 16.8 Å². The van der Waals surface area contributed by atoms with E-state index in [-0.39, 0.29) is 34.9 Å². The van der Waals surface area contributed by atoms with Crippen LogP contribution in [0.5, 0.6) is 0 Å². The summed E-state index contributed by atoms with van der Waals surface area (Å²) in [4.78, 5) is 62.0. The van der Waals surface area contributed by atoms with Gasteiger partial charge < -0.3 is 4.74 Å². The van der Waals surface area contributed by atoms with Crippen LogP contribution in [0.2, 0.25) is 0 Å². The number of esters is 1. The minimum absolute atomic E-state index is 0.0633. The van der Waals surface area contributed by atoms with Crippen LogP contribution in [0.25, 0.3) is 0 Å². The van der Waals surface area contributed by atoms with Crippen molar-refractivity contribution < 1.29 is 28.8 Å². The lowest BCUT2D eigenvalue weighted by Gasteiger charge is -2.37. The Labute approximate surface area is 177 Å². The maximum absolute atomic E-state index is 13.0. The molecule has 9 nitrogen and oxygen atoms in total. The Balaban J connectivity index is 1.23. The average molecular weight is 424 g/mol. The molecule has 2 saturated carbocycles. The summed E-state index contributed by atoms with van der Waals surface area (Å²) in [6.45, 7) is 0.850. The number of ether oxygens (including phenoxy) is 1. The predicted molar refractivity (Wildman–Crippen MR) is 104 cm³/mol. The van der Waals surface area contributed by atoms with E-state index in [1.54, 1.807) is 0 Å². The molecule has 160 valence electrons. The lowest BCUT2D eigenvalue weighted by molar-refractivity contribution is -0.384. The molecule has 1 aromatic carbocycles. The number of rotatable bonds is 6. The molecule has 5 aliphatic rings. The number of ketones is 1. The molecule has 31 heavy (non-hydrogen) atoms. The van der Waals surface area contributed by atoms with E-state index < -0.39 is 41.2 Å². The van der Waals surface area contributed by atoms with E-state index in [0.29, 0.717) is 11.8 Å². The summed E-state index contributed by atoms with van der Waals surface area (Å²) in [6.07, 6.45) is 5.17. The summed E-state index contributed by atoms with van der Waals surface area (Å²) in [5, 5.41) is 10.7. The zero-order valence-electron chi connectivity index (χ0n) is 16.7. The van der Waals surface area contributed by atoms with Gasteiger partial charge in [0.1, 0.15) is 6.04 Å². The molecule has 0 unspecified atom stereocenters. The molecular weight excluding hydrogens is 404 g/mol. The topological polar surface area (TPSA) is 124 Å². The number of carbonyl (C=O) groups is 4. The zero-order valence-corrected chi connectivity index (χ0v) is 16.7. The van der Waals surface area contributed by atoms with Gasteiger partial charge >= 0.3 is 5.97 Å². The predicted octanol–water partition coefficient (Wildman–Crippen LogP) is 1.76. The number of imide groups is 1. The van der Waals surface area contributed by atoms with Crippen molar-refractivity contribution in [3.63, 3.8) is 0 Å².